The number of hydrogen-bond donors (Lipinski definition) is 3. The van der Waals surface area contributed by atoms with Gasteiger partial charge in [0, 0.05) is 30.9 Å². The molecule has 0 spiro atoms. The Balaban J connectivity index is 1.59. The van der Waals surface area contributed by atoms with Gasteiger partial charge in [0.1, 0.15) is 5.82 Å². The Hall–Kier alpha value is -2.94. The number of pyridine rings is 1. The number of nitrogens with one attached hydrogen (secondary N) is 2. The Morgan fingerprint density at radius 2 is 2.10 bits per heavy atom. The van der Waals surface area contributed by atoms with Crippen LogP contribution in [0.1, 0.15) is 15.2 Å². The molecule has 2 aromatic heterocycles. The standard InChI is InChI=1S/C22H21ClFN3O3S/c1-2-4-14-5-3-10-27(22(14)30)15-6-7-18(17(24)11-15)25-12-16(28)13-26-21(29)19-8-9-20(23)31-19/h2-3,5-11,16,25,28H,1,4,12-13H2,(H,26,29)/t16-/m1/s1. The first-order valence-electron chi connectivity index (χ1n) is 9.46. The summed E-state index contributed by atoms with van der Waals surface area (Å²) in [6, 6.07) is 11.0. The summed E-state index contributed by atoms with van der Waals surface area (Å²) >= 11 is 6.94. The Bertz CT molecular complexity index is 1150. The lowest BCUT2D eigenvalue weighted by Gasteiger charge is -2.15. The van der Waals surface area contributed by atoms with Crippen molar-refractivity contribution in [3.05, 3.63) is 92.3 Å². The number of aromatic nitrogens is 1. The number of carbonyl (C=O) groups excluding carboxylic acids is 1. The molecule has 0 bridgehead atoms. The molecule has 0 fully saturated rings. The zero-order valence-corrected chi connectivity index (χ0v) is 18.0. The van der Waals surface area contributed by atoms with Gasteiger partial charge in [-0.1, -0.05) is 23.7 Å². The van der Waals surface area contributed by atoms with E-state index in [1.165, 1.54) is 16.7 Å². The van der Waals surface area contributed by atoms with E-state index in [-0.39, 0.29) is 30.2 Å². The molecule has 0 radical (unpaired) electrons. The maximum Gasteiger partial charge on any atom is 0.261 e. The van der Waals surface area contributed by atoms with Crippen molar-refractivity contribution in [2.24, 2.45) is 0 Å². The fourth-order valence-corrected chi connectivity index (χ4v) is 3.84. The molecule has 3 rings (SSSR count). The van der Waals surface area contributed by atoms with Gasteiger partial charge in [-0.2, -0.15) is 0 Å². The Morgan fingerprint density at radius 1 is 1.29 bits per heavy atom. The first-order chi connectivity index (χ1) is 14.9. The number of hydrogen-bond acceptors (Lipinski definition) is 5. The molecule has 0 aliphatic carbocycles. The third-order valence-corrected chi connectivity index (χ3v) is 5.67. The molecule has 162 valence electrons. The lowest BCUT2D eigenvalue weighted by atomic mass is 10.2. The van der Waals surface area contributed by atoms with E-state index >= 15 is 0 Å². The monoisotopic (exact) mass is 461 g/mol. The molecular weight excluding hydrogens is 441 g/mol. The predicted octanol–water partition coefficient (Wildman–Crippen LogP) is 3.62. The minimum Gasteiger partial charge on any atom is -0.389 e. The SMILES string of the molecule is C=CCc1cccn(-c2ccc(NC[C@@H](O)CNC(=O)c3ccc(Cl)s3)c(F)c2)c1=O. The average molecular weight is 462 g/mol. The summed E-state index contributed by atoms with van der Waals surface area (Å²) in [5.41, 5.74) is 0.895. The molecule has 3 aromatic rings. The lowest BCUT2D eigenvalue weighted by Crippen LogP contribution is -2.35. The number of aliphatic hydroxyl groups excluding tert-OH is 1. The van der Waals surface area contributed by atoms with Crippen LogP contribution in [0.2, 0.25) is 4.34 Å². The number of rotatable bonds is 9. The number of carbonyl (C=O) groups is 1. The van der Waals surface area contributed by atoms with Gasteiger partial charge in [-0.3, -0.25) is 14.2 Å². The highest BCUT2D eigenvalue weighted by Crippen LogP contribution is 2.21. The van der Waals surface area contributed by atoms with Crippen molar-refractivity contribution >= 4 is 34.5 Å². The van der Waals surface area contributed by atoms with E-state index in [1.807, 2.05) is 0 Å². The van der Waals surface area contributed by atoms with Crippen LogP contribution in [-0.2, 0) is 6.42 Å². The molecular formula is C22H21ClFN3O3S. The first-order valence-corrected chi connectivity index (χ1v) is 10.7. The third-order valence-electron chi connectivity index (χ3n) is 4.44. The highest BCUT2D eigenvalue weighted by atomic mass is 35.5. The van der Waals surface area contributed by atoms with Crippen molar-refractivity contribution in [2.75, 3.05) is 18.4 Å². The molecule has 1 atom stereocenters. The molecule has 0 unspecified atom stereocenters. The molecule has 2 heterocycles. The summed E-state index contributed by atoms with van der Waals surface area (Å²) < 4.78 is 16.4. The minimum absolute atomic E-state index is 0.00740. The van der Waals surface area contributed by atoms with E-state index in [2.05, 4.69) is 17.2 Å². The Kier molecular flexibility index (Phi) is 7.62. The van der Waals surface area contributed by atoms with Gasteiger partial charge in [0.15, 0.2) is 0 Å². The predicted molar refractivity (Wildman–Crippen MR) is 122 cm³/mol. The molecule has 1 amide bonds. The van der Waals surface area contributed by atoms with Gasteiger partial charge in [0.25, 0.3) is 11.5 Å². The molecule has 0 aliphatic rings. The number of halogens is 2. The molecule has 0 saturated carbocycles. The van der Waals surface area contributed by atoms with E-state index in [9.17, 15) is 19.1 Å². The summed E-state index contributed by atoms with van der Waals surface area (Å²) in [6.45, 7) is 3.65. The van der Waals surface area contributed by atoms with Gasteiger partial charge in [0.2, 0.25) is 0 Å². The van der Waals surface area contributed by atoms with Crippen LogP contribution >= 0.6 is 22.9 Å². The summed E-state index contributed by atoms with van der Waals surface area (Å²) in [4.78, 5) is 24.9. The van der Waals surface area contributed by atoms with Gasteiger partial charge in [-0.05, 0) is 36.8 Å². The molecule has 9 heteroatoms. The van der Waals surface area contributed by atoms with Gasteiger partial charge in [-0.25, -0.2) is 4.39 Å². The normalized spacial score (nSPS) is 11.7. The second kappa shape index (κ2) is 10.4. The fraction of sp³-hybridized carbons (Fsp3) is 0.182. The van der Waals surface area contributed by atoms with E-state index in [0.29, 0.717) is 26.9 Å². The van der Waals surface area contributed by atoms with E-state index in [4.69, 9.17) is 11.6 Å². The number of aliphatic hydroxyl groups is 1. The minimum atomic E-state index is -0.934. The van der Waals surface area contributed by atoms with Crippen LogP contribution in [-0.4, -0.2) is 34.8 Å². The number of thiophene rings is 1. The van der Waals surface area contributed by atoms with Crippen LogP contribution in [0.3, 0.4) is 0 Å². The lowest BCUT2D eigenvalue weighted by molar-refractivity contribution is 0.0926. The largest absolute Gasteiger partial charge is 0.389 e. The summed E-state index contributed by atoms with van der Waals surface area (Å²) in [6.07, 6.45) is 2.70. The molecule has 6 nitrogen and oxygen atoms in total. The maximum absolute atomic E-state index is 14.5. The Labute approximate surface area is 187 Å². The van der Waals surface area contributed by atoms with Crippen molar-refractivity contribution in [3.8, 4) is 5.69 Å². The van der Waals surface area contributed by atoms with Gasteiger partial charge in [-0.15, -0.1) is 17.9 Å². The van der Waals surface area contributed by atoms with Crippen molar-refractivity contribution < 1.29 is 14.3 Å². The van der Waals surface area contributed by atoms with E-state index < -0.39 is 11.9 Å². The topological polar surface area (TPSA) is 83.4 Å². The molecule has 0 aliphatic heterocycles. The van der Waals surface area contributed by atoms with Crippen LogP contribution in [0.15, 0.2) is 66.1 Å². The van der Waals surface area contributed by atoms with Gasteiger partial charge >= 0.3 is 0 Å². The van der Waals surface area contributed by atoms with Crippen molar-refractivity contribution in [3.63, 3.8) is 0 Å². The average Bonchev–Trinajstić information content (AvgIpc) is 3.19. The number of amides is 1. The molecule has 3 N–H and O–H groups in total. The number of benzene rings is 1. The van der Waals surface area contributed by atoms with Crippen LogP contribution < -0.4 is 16.2 Å². The summed E-state index contributed by atoms with van der Waals surface area (Å²) in [5.74, 6) is -0.904. The van der Waals surface area contributed by atoms with Crippen molar-refractivity contribution in [1.29, 1.82) is 0 Å². The maximum atomic E-state index is 14.5. The van der Waals surface area contributed by atoms with Crippen molar-refractivity contribution in [1.82, 2.24) is 9.88 Å². The third kappa shape index (κ3) is 5.81. The molecule has 1 aromatic carbocycles. The quantitative estimate of drug-likeness (QED) is 0.425. The summed E-state index contributed by atoms with van der Waals surface area (Å²) in [5, 5.41) is 15.5. The van der Waals surface area contributed by atoms with E-state index in [1.54, 1.807) is 42.6 Å². The molecule has 0 saturated heterocycles. The number of nitrogens with zero attached hydrogens (tertiary/aromatic N) is 1. The fourth-order valence-electron chi connectivity index (χ4n) is 2.88. The van der Waals surface area contributed by atoms with Crippen LogP contribution in [0.25, 0.3) is 5.69 Å². The zero-order valence-electron chi connectivity index (χ0n) is 16.5. The first kappa shape index (κ1) is 22.7. The highest BCUT2D eigenvalue weighted by molar-refractivity contribution is 7.17. The van der Waals surface area contributed by atoms with E-state index in [0.717, 1.165) is 11.3 Å². The Morgan fingerprint density at radius 3 is 2.77 bits per heavy atom. The van der Waals surface area contributed by atoms with Crippen LogP contribution in [0, 0.1) is 5.82 Å². The van der Waals surface area contributed by atoms with Crippen LogP contribution in [0.5, 0.6) is 0 Å². The smallest absolute Gasteiger partial charge is 0.261 e. The second-order valence-corrected chi connectivity index (χ2v) is 8.43. The highest BCUT2D eigenvalue weighted by Gasteiger charge is 2.13. The zero-order chi connectivity index (χ0) is 22.4. The second-order valence-electron chi connectivity index (χ2n) is 6.71. The van der Waals surface area contributed by atoms with Gasteiger partial charge in [0.05, 0.1) is 26.7 Å². The molecule has 31 heavy (non-hydrogen) atoms. The van der Waals surface area contributed by atoms with Crippen LogP contribution in [0.4, 0.5) is 10.1 Å². The van der Waals surface area contributed by atoms with Gasteiger partial charge < -0.3 is 15.7 Å². The summed E-state index contributed by atoms with van der Waals surface area (Å²) in [7, 11) is 0. The number of allylic oxidation sites excluding steroid dienone is 1. The van der Waals surface area contributed by atoms with Crippen molar-refractivity contribution in [2.45, 2.75) is 12.5 Å². The number of anilines is 1.